The number of anilines is 4. The number of hydrogen-bond donors (Lipinski definition) is 4. The Hall–Kier alpha value is -2.41. The normalized spacial score (nSPS) is 11.0. The van der Waals surface area contributed by atoms with Crippen LogP contribution >= 0.6 is 0 Å². The predicted octanol–water partition coefficient (Wildman–Crippen LogP) is 0.720. The Kier molecular flexibility index (Phi) is 3.23. The molecule has 7 nitrogen and oxygen atoms in total. The number of hydrazine groups is 1. The van der Waals surface area contributed by atoms with Crippen molar-refractivity contribution in [3.05, 3.63) is 21.5 Å². The van der Waals surface area contributed by atoms with E-state index in [1.165, 1.54) is 5.01 Å². The molecule has 0 fully saturated rings. The molecule has 0 saturated heterocycles. The van der Waals surface area contributed by atoms with Crippen molar-refractivity contribution in [2.24, 2.45) is 5.84 Å². The summed E-state index contributed by atoms with van der Waals surface area (Å²) >= 11 is 0. The lowest BCUT2D eigenvalue weighted by atomic mass is 10.0. The van der Waals surface area contributed by atoms with Crippen LogP contribution in [0.25, 0.3) is 11.0 Å². The maximum atomic E-state index is 11.9. The van der Waals surface area contributed by atoms with Crippen LogP contribution in [0.2, 0.25) is 0 Å². The highest BCUT2D eigenvalue weighted by molar-refractivity contribution is 6.10. The topological polar surface area (TPSA) is 138 Å². The zero-order valence-corrected chi connectivity index (χ0v) is 11.8. The summed E-state index contributed by atoms with van der Waals surface area (Å²) in [5.41, 5.74) is 20.5. The standard InChI is InChI=1S/C13H19N5O2/c1-4-6-9(15)7-8(14)5(2)11(18(3)17)10(16)12(7)20-13(6)19/h4,14-17H2,1-3H3. The second kappa shape index (κ2) is 4.61. The maximum absolute atomic E-state index is 11.9. The quantitative estimate of drug-likeness (QED) is 0.274. The lowest BCUT2D eigenvalue weighted by molar-refractivity contribution is 0.554. The number of benzene rings is 1. The third-order valence-corrected chi connectivity index (χ3v) is 3.50. The van der Waals surface area contributed by atoms with Crippen LogP contribution in [0.4, 0.5) is 22.7 Å². The number of fused-ring (bicyclic) bond motifs is 1. The van der Waals surface area contributed by atoms with Gasteiger partial charge in [-0.3, -0.25) is 0 Å². The highest BCUT2D eigenvalue weighted by Crippen LogP contribution is 2.41. The Balaban J connectivity index is 3.09. The summed E-state index contributed by atoms with van der Waals surface area (Å²) in [5.74, 6) is 5.75. The van der Waals surface area contributed by atoms with Gasteiger partial charge in [0.15, 0.2) is 5.58 Å². The van der Waals surface area contributed by atoms with Gasteiger partial charge in [0.1, 0.15) is 5.69 Å². The molecule has 0 atom stereocenters. The van der Waals surface area contributed by atoms with E-state index in [0.717, 1.165) is 0 Å². The van der Waals surface area contributed by atoms with Gasteiger partial charge in [-0.2, -0.15) is 0 Å². The fourth-order valence-corrected chi connectivity index (χ4v) is 2.46. The van der Waals surface area contributed by atoms with Crippen LogP contribution in [-0.4, -0.2) is 7.05 Å². The van der Waals surface area contributed by atoms with Gasteiger partial charge in [0.05, 0.1) is 22.3 Å². The molecule has 0 radical (unpaired) electrons. The molecule has 0 saturated carbocycles. The van der Waals surface area contributed by atoms with Gasteiger partial charge in [0.25, 0.3) is 0 Å². The van der Waals surface area contributed by atoms with E-state index in [0.29, 0.717) is 40.0 Å². The van der Waals surface area contributed by atoms with Gasteiger partial charge < -0.3 is 26.6 Å². The molecule has 7 heteroatoms. The van der Waals surface area contributed by atoms with Crippen molar-refractivity contribution in [1.29, 1.82) is 0 Å². The third-order valence-electron chi connectivity index (χ3n) is 3.50. The molecule has 0 spiro atoms. The Bertz CT molecular complexity index is 749. The van der Waals surface area contributed by atoms with Crippen LogP contribution in [0, 0.1) is 6.92 Å². The molecule has 2 aromatic rings. The largest absolute Gasteiger partial charge is 0.420 e. The molecular formula is C13H19N5O2. The number of rotatable bonds is 2. The van der Waals surface area contributed by atoms with Crippen LogP contribution in [0.3, 0.4) is 0 Å². The van der Waals surface area contributed by atoms with Crippen LogP contribution in [0.5, 0.6) is 0 Å². The molecule has 0 amide bonds. The van der Waals surface area contributed by atoms with Crippen molar-refractivity contribution in [2.45, 2.75) is 20.3 Å². The van der Waals surface area contributed by atoms with E-state index < -0.39 is 5.63 Å². The van der Waals surface area contributed by atoms with E-state index in [2.05, 4.69) is 0 Å². The van der Waals surface area contributed by atoms with Crippen LogP contribution < -0.4 is 33.7 Å². The first kappa shape index (κ1) is 14.0. The lowest BCUT2D eigenvalue weighted by Crippen LogP contribution is -2.27. The van der Waals surface area contributed by atoms with Crippen molar-refractivity contribution < 1.29 is 4.42 Å². The third kappa shape index (κ3) is 1.75. The summed E-state index contributed by atoms with van der Waals surface area (Å²) in [6.45, 7) is 3.61. The number of nitrogens with zero attached hydrogens (tertiary/aromatic N) is 1. The smallest absolute Gasteiger partial charge is 0.341 e. The molecular weight excluding hydrogens is 258 g/mol. The average molecular weight is 277 g/mol. The summed E-state index contributed by atoms with van der Waals surface area (Å²) < 4.78 is 5.30. The summed E-state index contributed by atoms with van der Waals surface area (Å²) in [4.78, 5) is 11.9. The van der Waals surface area contributed by atoms with Crippen LogP contribution in [0.15, 0.2) is 9.21 Å². The molecule has 0 aliphatic carbocycles. The SMILES string of the molecule is CCc1c(N)c2c(N)c(C)c(N(C)N)c(N)c2oc1=O. The summed E-state index contributed by atoms with van der Waals surface area (Å²) in [6.07, 6.45) is 0.459. The molecule has 20 heavy (non-hydrogen) atoms. The van der Waals surface area contributed by atoms with Crippen molar-refractivity contribution in [1.82, 2.24) is 0 Å². The van der Waals surface area contributed by atoms with Gasteiger partial charge in [0.2, 0.25) is 0 Å². The van der Waals surface area contributed by atoms with Crippen molar-refractivity contribution in [2.75, 3.05) is 29.3 Å². The van der Waals surface area contributed by atoms with Gasteiger partial charge in [-0.25, -0.2) is 10.6 Å². The van der Waals surface area contributed by atoms with E-state index >= 15 is 0 Å². The monoisotopic (exact) mass is 277 g/mol. The average Bonchev–Trinajstić information content (AvgIpc) is 2.36. The highest BCUT2D eigenvalue weighted by atomic mass is 16.4. The van der Waals surface area contributed by atoms with Gasteiger partial charge >= 0.3 is 5.63 Å². The molecule has 0 aliphatic rings. The maximum Gasteiger partial charge on any atom is 0.341 e. The first-order valence-electron chi connectivity index (χ1n) is 6.22. The van der Waals surface area contributed by atoms with Crippen molar-refractivity contribution in [3.63, 3.8) is 0 Å². The second-order valence-electron chi connectivity index (χ2n) is 4.75. The van der Waals surface area contributed by atoms with E-state index in [-0.39, 0.29) is 11.3 Å². The highest BCUT2D eigenvalue weighted by Gasteiger charge is 2.21. The zero-order valence-electron chi connectivity index (χ0n) is 11.8. The van der Waals surface area contributed by atoms with E-state index in [9.17, 15) is 4.79 Å². The molecule has 0 unspecified atom stereocenters. The van der Waals surface area contributed by atoms with Crippen LogP contribution in [0.1, 0.15) is 18.1 Å². The Labute approximate surface area is 116 Å². The Morgan fingerprint density at radius 3 is 2.25 bits per heavy atom. The fourth-order valence-electron chi connectivity index (χ4n) is 2.46. The van der Waals surface area contributed by atoms with Crippen molar-refractivity contribution in [3.8, 4) is 0 Å². The Morgan fingerprint density at radius 1 is 1.15 bits per heavy atom. The number of nitrogens with two attached hydrogens (primary N) is 4. The molecule has 2 rings (SSSR count). The first-order valence-corrected chi connectivity index (χ1v) is 6.22. The summed E-state index contributed by atoms with van der Waals surface area (Å²) in [6, 6.07) is 0. The van der Waals surface area contributed by atoms with Gasteiger partial charge in [0, 0.05) is 12.7 Å². The van der Waals surface area contributed by atoms with Crippen molar-refractivity contribution >= 4 is 33.7 Å². The predicted molar refractivity (Wildman–Crippen MR) is 82.4 cm³/mol. The number of hydrogen-bond acceptors (Lipinski definition) is 7. The lowest BCUT2D eigenvalue weighted by Gasteiger charge is -2.21. The molecule has 1 heterocycles. The first-order chi connectivity index (χ1) is 9.31. The minimum atomic E-state index is -0.502. The number of nitrogen functional groups attached to an aromatic ring is 3. The molecule has 8 N–H and O–H groups in total. The molecule has 108 valence electrons. The van der Waals surface area contributed by atoms with E-state index in [4.69, 9.17) is 27.5 Å². The fraction of sp³-hybridized carbons (Fsp3) is 0.308. The molecule has 1 aromatic heterocycles. The second-order valence-corrected chi connectivity index (χ2v) is 4.75. The van der Waals surface area contributed by atoms with Gasteiger partial charge in [-0.15, -0.1) is 0 Å². The molecule has 0 bridgehead atoms. The van der Waals surface area contributed by atoms with Crippen LogP contribution in [-0.2, 0) is 6.42 Å². The van der Waals surface area contributed by atoms with Gasteiger partial charge in [-0.05, 0) is 18.9 Å². The van der Waals surface area contributed by atoms with E-state index in [1.54, 1.807) is 14.0 Å². The molecule has 1 aromatic carbocycles. The summed E-state index contributed by atoms with van der Waals surface area (Å²) in [7, 11) is 1.63. The minimum Gasteiger partial charge on any atom is -0.420 e. The zero-order chi connectivity index (χ0) is 15.2. The molecule has 0 aliphatic heterocycles. The Morgan fingerprint density at radius 2 is 1.75 bits per heavy atom. The summed E-state index contributed by atoms with van der Waals surface area (Å²) in [5, 5.41) is 1.81. The van der Waals surface area contributed by atoms with Gasteiger partial charge in [-0.1, -0.05) is 6.92 Å². The van der Waals surface area contributed by atoms with E-state index in [1.807, 2.05) is 6.92 Å². The minimum absolute atomic E-state index is 0.181.